The van der Waals surface area contributed by atoms with Gasteiger partial charge in [0.15, 0.2) is 0 Å². The molecular weight excluding hydrogens is 846 g/mol. The van der Waals surface area contributed by atoms with E-state index in [-0.39, 0.29) is 42.1 Å². The van der Waals surface area contributed by atoms with Gasteiger partial charge in [-0.15, -0.1) is 59.9 Å². The Kier molecular flexibility index (Phi) is 9.15. The van der Waals surface area contributed by atoms with Gasteiger partial charge in [0.05, 0.1) is 0 Å². The number of rotatable bonds is 7. The monoisotopic (exact) mass is 862 g/mol. The maximum Gasteiger partial charge on any atom is 0.0146 e. The molecule has 0 saturated heterocycles. The number of nitrogens with zero attached hydrogens (tertiary/aromatic N) is 6. The van der Waals surface area contributed by atoms with Crippen LogP contribution in [-0.2, 0) is 42.1 Å². The first-order chi connectivity index (χ1) is 17.8. The average Bonchev–Trinajstić information content (AvgIpc) is 3.65. The summed E-state index contributed by atoms with van der Waals surface area (Å²) in [6, 6.07) is 27.1. The molecule has 0 spiro atoms. The molecule has 0 saturated carbocycles. The molecule has 0 radical (unpaired) electrons. The van der Waals surface area contributed by atoms with Crippen molar-refractivity contribution in [1.82, 2.24) is 20.8 Å². The van der Waals surface area contributed by atoms with E-state index < -0.39 is 0 Å². The number of ether oxygens (including phenoxy) is 2. The van der Waals surface area contributed by atoms with Gasteiger partial charge in [-0.25, -0.2) is 0 Å². The van der Waals surface area contributed by atoms with Crippen molar-refractivity contribution in [2.45, 2.75) is 0 Å². The van der Waals surface area contributed by atoms with Crippen LogP contribution in [0.1, 0.15) is 0 Å². The van der Waals surface area contributed by atoms with Crippen molar-refractivity contribution < 1.29 is 51.6 Å². The number of nitrogens with one attached hydrogen (secondary N) is 2. The maximum atomic E-state index is 5.96. The molecule has 4 aromatic rings. The van der Waals surface area contributed by atoms with E-state index in [1.54, 1.807) is 71.5 Å². The summed E-state index contributed by atoms with van der Waals surface area (Å²) < 4.78 is 11.9. The summed E-state index contributed by atoms with van der Waals surface area (Å²) in [5, 5.41) is 3.30. The Hall–Kier alpha value is -3.68. The van der Waals surface area contributed by atoms with Gasteiger partial charge in [0.1, 0.15) is 0 Å². The average molecular weight is 863 g/mol. The Morgan fingerprint density at radius 2 is 1.05 bits per heavy atom. The Morgan fingerprint density at radius 1 is 0.605 bits per heavy atom. The van der Waals surface area contributed by atoms with Crippen molar-refractivity contribution in [1.29, 1.82) is 0 Å². The summed E-state index contributed by atoms with van der Waals surface area (Å²) in [5.74, 6) is 1.93. The molecule has 0 fully saturated rings. The van der Waals surface area contributed by atoms with Crippen LogP contribution in [0, 0.1) is 24.3 Å². The molecule has 4 heterocycles. The van der Waals surface area contributed by atoms with Crippen molar-refractivity contribution in [3.63, 3.8) is 0 Å². The summed E-state index contributed by atoms with van der Waals surface area (Å²) in [6.45, 7) is 0. The first-order valence-electron chi connectivity index (χ1n) is 10.8. The molecule has 198 valence electrons. The molecule has 0 bridgehead atoms. The smallest absolute Gasteiger partial charge is 0.0146 e. The van der Waals surface area contributed by atoms with Crippen LogP contribution < -0.4 is 30.3 Å². The van der Waals surface area contributed by atoms with Crippen LogP contribution in [0.2, 0.25) is 0 Å². The van der Waals surface area contributed by atoms with Gasteiger partial charge in [-0.05, 0) is 24.8 Å². The van der Waals surface area contributed by atoms with Crippen LogP contribution in [0.5, 0.6) is 23.0 Å². The van der Waals surface area contributed by atoms with Gasteiger partial charge in [-0.3, -0.25) is 0 Å². The van der Waals surface area contributed by atoms with Crippen LogP contribution in [-0.4, -0.2) is 9.97 Å². The number of anilines is 2. The quantitative estimate of drug-likeness (QED) is 0.248. The zero-order valence-electron chi connectivity index (χ0n) is 19.2. The Bertz CT molecular complexity index is 1340. The second-order valence-electron chi connectivity index (χ2n) is 7.35. The summed E-state index contributed by atoms with van der Waals surface area (Å²) in [4.78, 5) is 8.74. The van der Waals surface area contributed by atoms with Gasteiger partial charge in [-0.1, -0.05) is 11.4 Å². The van der Waals surface area contributed by atoms with E-state index in [0.29, 0.717) is 34.4 Å². The number of aromatic nitrogens is 2. The van der Waals surface area contributed by atoms with E-state index >= 15 is 0 Å². The van der Waals surface area contributed by atoms with Gasteiger partial charge in [0, 0.05) is 77.5 Å². The van der Waals surface area contributed by atoms with Crippen LogP contribution in [0.25, 0.3) is 22.5 Å². The van der Waals surface area contributed by atoms with Gasteiger partial charge >= 0.3 is 0 Å². The van der Waals surface area contributed by atoms with Crippen molar-refractivity contribution in [2.75, 3.05) is 10.0 Å². The molecule has 2 aromatic heterocycles. The van der Waals surface area contributed by atoms with Crippen molar-refractivity contribution in [3.05, 3.63) is 121 Å². The zero-order chi connectivity index (χ0) is 24.2. The molecule has 2 aromatic carbocycles. The van der Waals surface area contributed by atoms with Crippen LogP contribution in [0.15, 0.2) is 85.7 Å². The Balaban J connectivity index is 0.00000168. The van der Waals surface area contributed by atoms with Crippen LogP contribution in [0.3, 0.4) is 0 Å². The second kappa shape index (κ2) is 12.7. The molecule has 2 aliphatic rings. The summed E-state index contributed by atoms with van der Waals surface area (Å²) >= 11 is 0. The molecule has 10 nitrogen and oxygen atoms in total. The molecule has 2 N–H and O–H groups in total. The van der Waals surface area contributed by atoms with E-state index in [1.807, 2.05) is 24.3 Å². The molecule has 0 unspecified atom stereocenters. The third-order valence-corrected chi connectivity index (χ3v) is 4.92. The largest absolute Gasteiger partial charge is 0.510 e. The molecule has 38 heavy (non-hydrogen) atoms. The van der Waals surface area contributed by atoms with E-state index in [0.717, 1.165) is 11.4 Å². The predicted octanol–water partition coefficient (Wildman–Crippen LogP) is 5.09. The molecule has 0 amide bonds. The number of pyridine rings is 2. The molecule has 6 rings (SSSR count). The Morgan fingerprint density at radius 3 is 1.47 bits per heavy atom. The fourth-order valence-corrected chi connectivity index (χ4v) is 3.33. The number of benzene rings is 2. The maximum absolute atomic E-state index is 5.96. The molecule has 12 heteroatoms. The summed E-state index contributed by atoms with van der Waals surface area (Å²) in [5.41, 5.74) is 16.1. The molecular formula is C26H16N8O2Pt2-6. The Labute approximate surface area is 248 Å². The number of hydrogen-bond donors (Lipinski definition) is 2. The topological polar surface area (TPSA) is 103 Å². The second-order valence-corrected chi connectivity index (χ2v) is 7.35. The molecule has 0 atom stereocenters. The first-order valence-corrected chi connectivity index (χ1v) is 10.8. The minimum absolute atomic E-state index is 0. The standard InChI is InChI=1S/C26H16N8O2.2Pt/c1-3-19(33-13-11-29-31-33)15-21(5-1)35-23-7-9-27-25(17-23)26-18-24(8-10-28-26)36-22-6-2-4-20(16-22)34-14-12-30-32-34;;/h1-14,29-30H;;/q-6;;. The summed E-state index contributed by atoms with van der Waals surface area (Å²) in [6.07, 6.45) is 10.3. The van der Waals surface area contributed by atoms with Crippen molar-refractivity contribution >= 4 is 11.4 Å². The van der Waals surface area contributed by atoms with Crippen molar-refractivity contribution in [2.24, 2.45) is 0 Å². The van der Waals surface area contributed by atoms with Crippen molar-refractivity contribution in [3.8, 4) is 34.4 Å². The normalized spacial score (nSPS) is 13.3. The third kappa shape index (κ3) is 6.41. The van der Waals surface area contributed by atoms with E-state index in [4.69, 9.17) is 9.47 Å². The molecule has 0 aliphatic carbocycles. The molecule has 2 aliphatic heterocycles. The SMILES string of the molecule is [Pt].[Pt].[c-]1c(Oc2[c-]c(-c3[c-]c(Oc4[c-]c(N5C=CN[N-]5)ccc4)ccn3)ncc2)cccc1N1C=CN[N-]1. The first kappa shape index (κ1) is 27.4. The zero-order valence-corrected chi connectivity index (χ0v) is 23.8. The predicted molar refractivity (Wildman–Crippen MR) is 132 cm³/mol. The fraction of sp³-hybridized carbons (Fsp3) is 0. The van der Waals surface area contributed by atoms with Crippen LogP contribution in [0.4, 0.5) is 11.4 Å². The van der Waals surface area contributed by atoms with Crippen LogP contribution >= 0.6 is 0 Å². The van der Waals surface area contributed by atoms with E-state index in [1.165, 1.54) is 0 Å². The van der Waals surface area contributed by atoms with Gasteiger partial charge in [0.2, 0.25) is 0 Å². The van der Waals surface area contributed by atoms with Gasteiger partial charge in [-0.2, -0.15) is 24.3 Å². The third-order valence-electron chi connectivity index (χ3n) is 4.92. The minimum Gasteiger partial charge on any atom is -0.510 e. The minimum atomic E-state index is 0. The van der Waals surface area contributed by atoms with Gasteiger partial charge in [0.25, 0.3) is 0 Å². The van der Waals surface area contributed by atoms with E-state index in [9.17, 15) is 0 Å². The van der Waals surface area contributed by atoms with E-state index in [2.05, 4.69) is 56.2 Å². The fourth-order valence-electron chi connectivity index (χ4n) is 3.33. The van der Waals surface area contributed by atoms with Gasteiger partial charge < -0.3 is 51.4 Å². The number of hydrogen-bond acceptors (Lipinski definition) is 8. The summed E-state index contributed by atoms with van der Waals surface area (Å²) in [7, 11) is 0.